The first-order chi connectivity index (χ1) is 7.12. The molecule has 16 heavy (non-hydrogen) atoms. The zero-order valence-electron chi connectivity index (χ0n) is 9.69. The number of carbonyl (C=O) groups excluding carboxylic acids is 1. The fraction of sp³-hybridized carbons (Fsp3) is 0.727. The Morgan fingerprint density at radius 2 is 1.88 bits per heavy atom. The average molecular weight is 235 g/mol. The third-order valence-corrected chi connectivity index (χ3v) is 2.50. The number of hydrogen-bond donors (Lipinski definition) is 0. The van der Waals surface area contributed by atoms with Gasteiger partial charge in [-0.05, 0) is 6.42 Å². The summed E-state index contributed by atoms with van der Waals surface area (Å²) >= 11 is 0. The fourth-order valence-electron chi connectivity index (χ4n) is 1.59. The van der Waals surface area contributed by atoms with Gasteiger partial charge in [0.25, 0.3) is 0 Å². The molecule has 0 atom stereocenters. The van der Waals surface area contributed by atoms with Crippen molar-refractivity contribution in [3.63, 3.8) is 0 Å². The molecule has 0 spiro atoms. The highest BCUT2D eigenvalue weighted by molar-refractivity contribution is 5.81. The normalized spacial score (nSPS) is 18.4. The molecule has 0 radical (unpaired) electrons. The predicted molar refractivity (Wildman–Crippen MR) is 54.8 cm³/mol. The number of alkyl halides is 3. The summed E-state index contributed by atoms with van der Waals surface area (Å²) in [5.41, 5.74) is -1.06. The van der Waals surface area contributed by atoms with Gasteiger partial charge in [-0.3, -0.25) is 4.79 Å². The van der Waals surface area contributed by atoms with Gasteiger partial charge < -0.3 is 4.90 Å². The first kappa shape index (κ1) is 13.1. The van der Waals surface area contributed by atoms with Crippen molar-refractivity contribution in [2.24, 2.45) is 5.41 Å². The van der Waals surface area contributed by atoms with Gasteiger partial charge in [-0.15, -0.1) is 0 Å². The van der Waals surface area contributed by atoms with Crippen LogP contribution in [0.2, 0.25) is 0 Å². The van der Waals surface area contributed by atoms with E-state index in [4.69, 9.17) is 0 Å². The molecule has 1 heterocycles. The Kier molecular flexibility index (Phi) is 3.35. The molecule has 0 saturated carbocycles. The van der Waals surface area contributed by atoms with Crippen LogP contribution in [0.4, 0.5) is 13.2 Å². The Labute approximate surface area is 93.1 Å². The maximum Gasteiger partial charge on any atom is 0.412 e. The van der Waals surface area contributed by atoms with Gasteiger partial charge in [0.2, 0.25) is 5.91 Å². The van der Waals surface area contributed by atoms with Crippen LogP contribution in [0.15, 0.2) is 11.6 Å². The highest BCUT2D eigenvalue weighted by atomic mass is 19.4. The number of halogens is 3. The van der Waals surface area contributed by atoms with Crippen LogP contribution in [0.5, 0.6) is 0 Å². The lowest BCUT2D eigenvalue weighted by atomic mass is 9.93. The number of nitrogens with zero attached hydrogens (tertiary/aromatic N) is 1. The molecule has 1 rings (SSSR count). The third kappa shape index (κ3) is 3.00. The molecule has 0 N–H and O–H groups in total. The van der Waals surface area contributed by atoms with Crippen LogP contribution in [0.1, 0.15) is 27.2 Å². The minimum absolute atomic E-state index is 0.0605. The second-order valence-electron chi connectivity index (χ2n) is 4.98. The molecule has 0 bridgehead atoms. The smallest absolute Gasteiger partial charge is 0.338 e. The van der Waals surface area contributed by atoms with E-state index in [0.29, 0.717) is 0 Å². The summed E-state index contributed by atoms with van der Waals surface area (Å²) in [5, 5.41) is 0. The molecule has 0 aliphatic carbocycles. The van der Waals surface area contributed by atoms with Crippen molar-refractivity contribution in [1.82, 2.24) is 4.90 Å². The maximum atomic E-state index is 12.3. The molecular formula is C11H16F3NO. The highest BCUT2D eigenvalue weighted by Crippen LogP contribution is 2.31. The van der Waals surface area contributed by atoms with E-state index in [1.165, 1.54) is 4.90 Å². The highest BCUT2D eigenvalue weighted by Gasteiger charge is 2.36. The average Bonchev–Trinajstić information content (AvgIpc) is 2.14. The van der Waals surface area contributed by atoms with Gasteiger partial charge in [0, 0.05) is 24.1 Å². The molecule has 5 heteroatoms. The zero-order valence-corrected chi connectivity index (χ0v) is 9.69. The number of carbonyl (C=O) groups is 1. The van der Waals surface area contributed by atoms with Gasteiger partial charge in [-0.1, -0.05) is 26.8 Å². The predicted octanol–water partition coefficient (Wildman–Crippen LogP) is 2.75. The first-order valence-corrected chi connectivity index (χ1v) is 5.18. The van der Waals surface area contributed by atoms with Gasteiger partial charge in [-0.25, -0.2) is 0 Å². The molecule has 92 valence electrons. The van der Waals surface area contributed by atoms with Gasteiger partial charge in [0.05, 0.1) is 0 Å². The SMILES string of the molecule is CC(C)(C)C(=O)N1CC=C(C(F)(F)F)CC1. The largest absolute Gasteiger partial charge is 0.412 e. The third-order valence-electron chi connectivity index (χ3n) is 2.50. The summed E-state index contributed by atoms with van der Waals surface area (Å²) in [6, 6.07) is 0. The lowest BCUT2D eigenvalue weighted by Crippen LogP contribution is -2.42. The van der Waals surface area contributed by atoms with E-state index in [9.17, 15) is 18.0 Å². The quantitative estimate of drug-likeness (QED) is 0.591. The van der Waals surface area contributed by atoms with Crippen molar-refractivity contribution >= 4 is 5.91 Å². The topological polar surface area (TPSA) is 20.3 Å². The van der Waals surface area contributed by atoms with Gasteiger partial charge in [-0.2, -0.15) is 13.2 Å². The molecule has 0 fully saturated rings. The minimum Gasteiger partial charge on any atom is -0.338 e. The van der Waals surface area contributed by atoms with Gasteiger partial charge in [0.1, 0.15) is 0 Å². The van der Waals surface area contributed by atoms with E-state index in [2.05, 4.69) is 0 Å². The molecule has 0 aromatic rings. The molecule has 0 aromatic carbocycles. The summed E-state index contributed by atoms with van der Waals surface area (Å²) in [4.78, 5) is 13.3. The summed E-state index contributed by atoms with van der Waals surface area (Å²) in [7, 11) is 0. The molecular weight excluding hydrogens is 219 g/mol. The van der Waals surface area contributed by atoms with E-state index in [1.807, 2.05) is 0 Å². The molecule has 0 unspecified atom stereocenters. The van der Waals surface area contributed by atoms with Crippen molar-refractivity contribution in [1.29, 1.82) is 0 Å². The molecule has 1 aliphatic rings. The second kappa shape index (κ2) is 4.11. The van der Waals surface area contributed by atoms with Gasteiger partial charge >= 0.3 is 6.18 Å². The standard InChI is InChI=1S/C11H16F3NO/c1-10(2,3)9(16)15-6-4-8(5-7-15)11(12,13)14/h4H,5-7H2,1-3H3. The van der Waals surface area contributed by atoms with Crippen LogP contribution in [0.3, 0.4) is 0 Å². The summed E-state index contributed by atoms with van der Waals surface area (Å²) < 4.78 is 37.0. The molecule has 1 amide bonds. The lowest BCUT2D eigenvalue weighted by Gasteiger charge is -2.32. The second-order valence-corrected chi connectivity index (χ2v) is 4.98. The van der Waals surface area contributed by atoms with Crippen molar-refractivity contribution < 1.29 is 18.0 Å². The van der Waals surface area contributed by atoms with E-state index < -0.39 is 17.2 Å². The zero-order chi connectivity index (χ0) is 12.6. The van der Waals surface area contributed by atoms with Crippen LogP contribution in [0, 0.1) is 5.41 Å². The van der Waals surface area contributed by atoms with Crippen molar-refractivity contribution in [2.45, 2.75) is 33.4 Å². The van der Waals surface area contributed by atoms with Crippen LogP contribution < -0.4 is 0 Å². The minimum atomic E-state index is -4.25. The Morgan fingerprint density at radius 3 is 2.19 bits per heavy atom. The Hall–Kier alpha value is -1.00. The molecule has 0 saturated heterocycles. The monoisotopic (exact) mass is 235 g/mol. The van der Waals surface area contributed by atoms with Crippen molar-refractivity contribution in [3.05, 3.63) is 11.6 Å². The van der Waals surface area contributed by atoms with Crippen LogP contribution in [0.25, 0.3) is 0 Å². The summed E-state index contributed by atoms with van der Waals surface area (Å²) in [6.07, 6.45) is -3.25. The van der Waals surface area contributed by atoms with Crippen molar-refractivity contribution in [3.8, 4) is 0 Å². The van der Waals surface area contributed by atoms with Crippen molar-refractivity contribution in [2.75, 3.05) is 13.1 Å². The maximum absolute atomic E-state index is 12.3. The van der Waals surface area contributed by atoms with Crippen LogP contribution in [-0.4, -0.2) is 30.1 Å². The van der Waals surface area contributed by atoms with Crippen LogP contribution >= 0.6 is 0 Å². The number of rotatable bonds is 0. The summed E-state index contributed by atoms with van der Waals surface area (Å²) in [6.45, 7) is 5.50. The molecule has 0 aromatic heterocycles. The van der Waals surface area contributed by atoms with Crippen LogP contribution in [-0.2, 0) is 4.79 Å². The van der Waals surface area contributed by atoms with Gasteiger partial charge in [0.15, 0.2) is 0 Å². The van der Waals surface area contributed by atoms with E-state index in [0.717, 1.165) is 6.08 Å². The Balaban J connectivity index is 2.69. The van der Waals surface area contributed by atoms with E-state index in [1.54, 1.807) is 20.8 Å². The Bertz CT molecular complexity index is 312. The molecule has 1 aliphatic heterocycles. The van der Waals surface area contributed by atoms with E-state index in [-0.39, 0.29) is 25.4 Å². The number of amides is 1. The fourth-order valence-corrected chi connectivity index (χ4v) is 1.59. The van der Waals surface area contributed by atoms with E-state index >= 15 is 0 Å². The Morgan fingerprint density at radius 1 is 1.31 bits per heavy atom. The first-order valence-electron chi connectivity index (χ1n) is 5.18. The summed E-state index contributed by atoms with van der Waals surface area (Å²) in [5.74, 6) is -0.107. The lowest BCUT2D eigenvalue weighted by molar-refractivity contribution is -0.140. The number of hydrogen-bond acceptors (Lipinski definition) is 1. The molecule has 2 nitrogen and oxygen atoms in total.